The third-order valence-electron chi connectivity index (χ3n) is 7.78. The summed E-state index contributed by atoms with van der Waals surface area (Å²) in [6, 6.07) is 14.4. The molecule has 2 aromatic carbocycles. The fraction of sp³-hybridized carbons (Fsp3) is 0.367. The molecule has 0 spiro atoms. The maximum Gasteiger partial charge on any atom is 0.254 e. The van der Waals surface area contributed by atoms with Crippen LogP contribution >= 0.6 is 0 Å². The van der Waals surface area contributed by atoms with E-state index in [2.05, 4.69) is 64.1 Å². The van der Waals surface area contributed by atoms with E-state index >= 15 is 0 Å². The second-order valence-corrected chi connectivity index (χ2v) is 10.4. The van der Waals surface area contributed by atoms with Crippen molar-refractivity contribution in [2.45, 2.75) is 13.8 Å². The van der Waals surface area contributed by atoms with Crippen LogP contribution in [0.15, 0.2) is 48.7 Å². The summed E-state index contributed by atoms with van der Waals surface area (Å²) in [6.07, 6.45) is 1.97. The van der Waals surface area contributed by atoms with Crippen molar-refractivity contribution in [3.05, 3.63) is 65.4 Å². The number of fused-ring (bicyclic) bond motifs is 1. The first-order valence-electron chi connectivity index (χ1n) is 13.4. The molecular formula is C30H34N6O2. The van der Waals surface area contributed by atoms with Crippen LogP contribution in [0.1, 0.15) is 21.5 Å². The van der Waals surface area contributed by atoms with Crippen LogP contribution < -0.4 is 4.90 Å². The number of carbonyl (C=O) groups excluding carboxylic acids is 1. The molecule has 2 aliphatic rings. The first-order valence-corrected chi connectivity index (χ1v) is 13.4. The molecule has 0 radical (unpaired) electrons. The monoisotopic (exact) mass is 510 g/mol. The van der Waals surface area contributed by atoms with E-state index in [0.717, 1.165) is 59.6 Å². The van der Waals surface area contributed by atoms with Crippen molar-refractivity contribution >= 4 is 22.6 Å². The van der Waals surface area contributed by atoms with Crippen molar-refractivity contribution in [3.63, 3.8) is 0 Å². The van der Waals surface area contributed by atoms with Crippen LogP contribution in [-0.2, 0) is 4.74 Å². The smallest absolute Gasteiger partial charge is 0.254 e. The number of nitrogens with one attached hydrogen (secondary N) is 1. The topological polar surface area (TPSA) is 77.6 Å². The summed E-state index contributed by atoms with van der Waals surface area (Å²) in [5, 5.41) is 10.1. The Morgan fingerprint density at radius 2 is 1.55 bits per heavy atom. The van der Waals surface area contributed by atoms with E-state index in [1.54, 1.807) is 0 Å². The maximum atomic E-state index is 12.8. The number of aromatic nitrogens is 3. The molecular weight excluding hydrogens is 476 g/mol. The van der Waals surface area contributed by atoms with Gasteiger partial charge in [-0.1, -0.05) is 12.1 Å². The number of hydrogen-bond acceptors (Lipinski definition) is 6. The molecule has 0 bridgehead atoms. The molecule has 2 aliphatic heterocycles. The van der Waals surface area contributed by atoms with Gasteiger partial charge in [-0.25, -0.2) is 0 Å². The van der Waals surface area contributed by atoms with Crippen LogP contribution in [0.3, 0.4) is 0 Å². The van der Waals surface area contributed by atoms with Gasteiger partial charge in [0.05, 0.1) is 18.9 Å². The highest BCUT2D eigenvalue weighted by atomic mass is 16.5. The number of aryl methyl sites for hydroxylation is 2. The van der Waals surface area contributed by atoms with Gasteiger partial charge in [0, 0.05) is 73.2 Å². The first-order chi connectivity index (χ1) is 18.5. The van der Waals surface area contributed by atoms with Crippen molar-refractivity contribution < 1.29 is 9.53 Å². The fourth-order valence-corrected chi connectivity index (χ4v) is 5.68. The average molecular weight is 511 g/mol. The van der Waals surface area contributed by atoms with E-state index in [4.69, 9.17) is 4.74 Å². The van der Waals surface area contributed by atoms with Crippen LogP contribution in [-0.4, -0.2) is 90.4 Å². The molecule has 0 atom stereocenters. The molecule has 1 N–H and O–H groups in total. The van der Waals surface area contributed by atoms with Crippen LogP contribution in [0, 0.1) is 13.8 Å². The minimum Gasteiger partial charge on any atom is -0.378 e. The number of morpholine rings is 1. The third-order valence-corrected chi connectivity index (χ3v) is 7.78. The highest BCUT2D eigenvalue weighted by Gasteiger charge is 2.20. The fourth-order valence-electron chi connectivity index (χ4n) is 5.68. The summed E-state index contributed by atoms with van der Waals surface area (Å²) in [6.45, 7) is 11.1. The van der Waals surface area contributed by atoms with Gasteiger partial charge >= 0.3 is 0 Å². The molecule has 6 rings (SSSR count). The van der Waals surface area contributed by atoms with Gasteiger partial charge in [-0.3, -0.25) is 4.79 Å². The van der Waals surface area contributed by atoms with E-state index in [1.165, 1.54) is 16.8 Å². The Morgan fingerprint density at radius 3 is 2.24 bits per heavy atom. The predicted octanol–water partition coefficient (Wildman–Crippen LogP) is 4.13. The van der Waals surface area contributed by atoms with Crippen molar-refractivity contribution in [3.8, 4) is 22.4 Å². The number of aromatic amines is 1. The number of benzene rings is 2. The van der Waals surface area contributed by atoms with Crippen LogP contribution in [0.2, 0.25) is 0 Å². The van der Waals surface area contributed by atoms with Crippen LogP contribution in [0.25, 0.3) is 33.4 Å². The Labute approximate surface area is 223 Å². The molecule has 0 saturated carbocycles. The number of H-pyrrole nitrogens is 1. The van der Waals surface area contributed by atoms with Gasteiger partial charge in [0.2, 0.25) is 0 Å². The summed E-state index contributed by atoms with van der Waals surface area (Å²) in [5.41, 5.74) is 9.32. The van der Waals surface area contributed by atoms with Gasteiger partial charge in [-0.05, 0) is 67.9 Å². The van der Waals surface area contributed by atoms with Gasteiger partial charge < -0.3 is 24.4 Å². The second kappa shape index (κ2) is 10.2. The number of hydrogen-bond donors (Lipinski definition) is 1. The predicted molar refractivity (Wildman–Crippen MR) is 151 cm³/mol. The van der Waals surface area contributed by atoms with Crippen molar-refractivity contribution in [2.24, 2.45) is 0 Å². The zero-order valence-corrected chi connectivity index (χ0v) is 22.3. The number of carbonyl (C=O) groups is 1. The van der Waals surface area contributed by atoms with E-state index in [0.29, 0.717) is 31.9 Å². The molecule has 1 amide bonds. The minimum absolute atomic E-state index is 0.0534. The summed E-state index contributed by atoms with van der Waals surface area (Å²) < 4.78 is 5.37. The number of nitrogens with zero attached hydrogens (tertiary/aromatic N) is 5. The molecule has 4 aromatic rings. The largest absolute Gasteiger partial charge is 0.378 e. The molecule has 196 valence electrons. The molecule has 2 aromatic heterocycles. The number of piperazine rings is 1. The lowest BCUT2D eigenvalue weighted by molar-refractivity contribution is 0.0303. The SMILES string of the molecule is Cc1cc(-c2cc3c(-c4ccc(C(=O)N5CCOCC5)cc4)c[nH]c3nn2)cc(C)c1N1CCN(C)CC1. The lowest BCUT2D eigenvalue weighted by Crippen LogP contribution is -2.45. The summed E-state index contributed by atoms with van der Waals surface area (Å²) in [7, 11) is 2.18. The summed E-state index contributed by atoms with van der Waals surface area (Å²) in [5.74, 6) is 0.0534. The lowest BCUT2D eigenvalue weighted by atomic mass is 9.99. The summed E-state index contributed by atoms with van der Waals surface area (Å²) in [4.78, 5) is 22.8. The molecule has 2 fully saturated rings. The normalized spacial score (nSPS) is 16.8. The molecule has 8 nitrogen and oxygen atoms in total. The molecule has 0 unspecified atom stereocenters. The van der Waals surface area contributed by atoms with Gasteiger partial charge in [-0.2, -0.15) is 0 Å². The average Bonchev–Trinajstić information content (AvgIpc) is 3.37. The van der Waals surface area contributed by atoms with E-state index in [9.17, 15) is 4.79 Å². The summed E-state index contributed by atoms with van der Waals surface area (Å²) >= 11 is 0. The molecule has 4 heterocycles. The Bertz CT molecular complexity index is 1440. The van der Waals surface area contributed by atoms with E-state index in [1.807, 2.05) is 35.4 Å². The molecule has 0 aliphatic carbocycles. The van der Waals surface area contributed by atoms with Crippen LogP contribution in [0.4, 0.5) is 5.69 Å². The highest BCUT2D eigenvalue weighted by Crippen LogP contribution is 2.34. The molecule has 38 heavy (non-hydrogen) atoms. The van der Waals surface area contributed by atoms with E-state index < -0.39 is 0 Å². The quantitative estimate of drug-likeness (QED) is 0.445. The Balaban J connectivity index is 1.28. The second-order valence-electron chi connectivity index (χ2n) is 10.4. The van der Waals surface area contributed by atoms with Crippen molar-refractivity contribution in [2.75, 3.05) is 64.4 Å². The number of amides is 1. The Hall–Kier alpha value is -3.75. The standard InChI is InChI=1S/C30H34N6O2/c1-20-16-24(17-21(2)28(20)35-10-8-34(3)9-11-35)27-18-25-26(19-31-29(25)33-32-27)22-4-6-23(7-5-22)30(37)36-12-14-38-15-13-36/h4-7,16-19H,8-15H2,1-3H3,(H,31,33). The highest BCUT2D eigenvalue weighted by molar-refractivity contribution is 5.97. The number of anilines is 1. The minimum atomic E-state index is 0.0534. The van der Waals surface area contributed by atoms with Crippen LogP contribution in [0.5, 0.6) is 0 Å². The van der Waals surface area contributed by atoms with E-state index in [-0.39, 0.29) is 5.91 Å². The Kier molecular flexibility index (Phi) is 6.59. The van der Waals surface area contributed by atoms with Crippen molar-refractivity contribution in [1.29, 1.82) is 0 Å². The number of ether oxygens (including phenoxy) is 1. The third kappa shape index (κ3) is 4.66. The van der Waals surface area contributed by atoms with Gasteiger partial charge in [0.25, 0.3) is 5.91 Å². The van der Waals surface area contributed by atoms with Gasteiger partial charge in [-0.15, -0.1) is 10.2 Å². The first kappa shape index (κ1) is 24.6. The molecule has 2 saturated heterocycles. The van der Waals surface area contributed by atoms with Gasteiger partial charge in [0.1, 0.15) is 0 Å². The van der Waals surface area contributed by atoms with Gasteiger partial charge in [0.15, 0.2) is 5.65 Å². The zero-order chi connectivity index (χ0) is 26.2. The molecule has 8 heteroatoms. The zero-order valence-electron chi connectivity index (χ0n) is 22.3. The number of rotatable bonds is 4. The Morgan fingerprint density at radius 1 is 0.868 bits per heavy atom. The lowest BCUT2D eigenvalue weighted by Gasteiger charge is -2.36. The van der Waals surface area contributed by atoms with Crippen molar-refractivity contribution in [1.82, 2.24) is 25.0 Å². The maximum absolute atomic E-state index is 12.8. The number of likely N-dealkylation sites (N-methyl/N-ethyl adjacent to an activating group) is 1.